The molecular formula is C16H14FN3O2. The smallest absolute Gasteiger partial charge is 0.256 e. The average molecular weight is 299 g/mol. The van der Waals surface area contributed by atoms with Crippen molar-refractivity contribution in [2.45, 2.75) is 12.8 Å². The molecule has 0 saturated carbocycles. The molecule has 5 nitrogen and oxygen atoms in total. The summed E-state index contributed by atoms with van der Waals surface area (Å²) in [5, 5.41) is 11.1. The number of halogens is 1. The molecule has 0 fully saturated rings. The lowest BCUT2D eigenvalue weighted by Gasteiger charge is -2.11. The van der Waals surface area contributed by atoms with Gasteiger partial charge in [0.2, 0.25) is 0 Å². The highest BCUT2D eigenvalue weighted by molar-refractivity contribution is 6.04. The number of amides is 1. The molecule has 0 aliphatic rings. The Labute approximate surface area is 127 Å². The van der Waals surface area contributed by atoms with E-state index in [0.717, 1.165) is 0 Å². The van der Waals surface area contributed by atoms with Gasteiger partial charge in [-0.2, -0.15) is 5.26 Å². The second kappa shape index (κ2) is 7.74. The molecule has 112 valence electrons. The fourth-order valence-electron chi connectivity index (χ4n) is 1.72. The summed E-state index contributed by atoms with van der Waals surface area (Å²) in [5.74, 6) is -0.0961. The Balaban J connectivity index is 2.04. The van der Waals surface area contributed by atoms with Crippen molar-refractivity contribution >= 4 is 11.7 Å². The maximum absolute atomic E-state index is 12.9. The molecule has 0 saturated heterocycles. The van der Waals surface area contributed by atoms with Crippen LogP contribution in [-0.2, 0) is 0 Å². The molecule has 1 amide bonds. The van der Waals surface area contributed by atoms with Gasteiger partial charge in [-0.25, -0.2) is 9.37 Å². The summed E-state index contributed by atoms with van der Waals surface area (Å²) < 4.78 is 18.4. The number of pyridine rings is 1. The number of hydrogen-bond donors (Lipinski definition) is 1. The average Bonchev–Trinajstić information content (AvgIpc) is 2.53. The number of aromatic nitrogens is 1. The normalized spacial score (nSPS) is 9.82. The van der Waals surface area contributed by atoms with Crippen LogP contribution in [0.5, 0.6) is 5.75 Å². The molecule has 0 radical (unpaired) electrons. The zero-order valence-corrected chi connectivity index (χ0v) is 11.8. The summed E-state index contributed by atoms with van der Waals surface area (Å²) in [7, 11) is 0. The van der Waals surface area contributed by atoms with E-state index in [1.165, 1.54) is 30.5 Å². The highest BCUT2D eigenvalue weighted by Crippen LogP contribution is 2.21. The molecule has 2 rings (SSSR count). The third-order valence-electron chi connectivity index (χ3n) is 2.80. The number of ether oxygens (including phenoxy) is 1. The molecule has 2 aromatic rings. The number of unbranched alkanes of at least 4 members (excludes halogenated alkanes) is 1. The van der Waals surface area contributed by atoms with Crippen molar-refractivity contribution in [3.05, 3.63) is 54.0 Å². The lowest BCUT2D eigenvalue weighted by atomic mass is 10.2. The Kier molecular flexibility index (Phi) is 5.44. The predicted molar refractivity (Wildman–Crippen MR) is 78.9 cm³/mol. The molecule has 0 aliphatic heterocycles. The number of rotatable bonds is 6. The zero-order valence-electron chi connectivity index (χ0n) is 11.8. The lowest BCUT2D eigenvalue weighted by Crippen LogP contribution is -2.14. The maximum atomic E-state index is 12.9. The quantitative estimate of drug-likeness (QED) is 0.831. The first-order valence-corrected chi connectivity index (χ1v) is 6.72. The first-order chi connectivity index (χ1) is 10.7. The van der Waals surface area contributed by atoms with Gasteiger partial charge in [-0.3, -0.25) is 4.79 Å². The monoisotopic (exact) mass is 299 g/mol. The molecule has 1 heterocycles. The second-order valence-electron chi connectivity index (χ2n) is 4.42. The van der Waals surface area contributed by atoms with Crippen molar-refractivity contribution in [1.82, 2.24) is 4.98 Å². The van der Waals surface area contributed by atoms with Crippen LogP contribution in [0.25, 0.3) is 0 Å². The van der Waals surface area contributed by atoms with E-state index in [-0.39, 0.29) is 5.82 Å². The SMILES string of the molecule is N#CCCCOc1cccnc1NC(=O)c1ccc(F)cc1. The van der Waals surface area contributed by atoms with E-state index in [0.29, 0.717) is 30.8 Å². The van der Waals surface area contributed by atoms with Crippen molar-refractivity contribution in [2.75, 3.05) is 11.9 Å². The van der Waals surface area contributed by atoms with E-state index < -0.39 is 11.7 Å². The third-order valence-corrected chi connectivity index (χ3v) is 2.80. The Morgan fingerprint density at radius 3 is 2.82 bits per heavy atom. The van der Waals surface area contributed by atoms with Crippen molar-refractivity contribution < 1.29 is 13.9 Å². The van der Waals surface area contributed by atoms with Gasteiger partial charge in [-0.1, -0.05) is 0 Å². The van der Waals surface area contributed by atoms with E-state index in [4.69, 9.17) is 10.00 Å². The number of carbonyl (C=O) groups is 1. The highest BCUT2D eigenvalue weighted by atomic mass is 19.1. The second-order valence-corrected chi connectivity index (χ2v) is 4.42. The van der Waals surface area contributed by atoms with Gasteiger partial charge in [0.05, 0.1) is 12.7 Å². The topological polar surface area (TPSA) is 75.0 Å². The molecule has 0 bridgehead atoms. The number of hydrogen-bond acceptors (Lipinski definition) is 4. The van der Waals surface area contributed by atoms with Crippen LogP contribution in [0.15, 0.2) is 42.6 Å². The van der Waals surface area contributed by atoms with Gasteiger partial charge in [0.1, 0.15) is 5.82 Å². The molecule has 0 aliphatic carbocycles. The van der Waals surface area contributed by atoms with Crippen molar-refractivity contribution in [2.24, 2.45) is 0 Å². The van der Waals surface area contributed by atoms with E-state index in [2.05, 4.69) is 10.3 Å². The van der Waals surface area contributed by atoms with E-state index >= 15 is 0 Å². The minimum atomic E-state index is -0.407. The fourth-order valence-corrected chi connectivity index (χ4v) is 1.72. The maximum Gasteiger partial charge on any atom is 0.256 e. The highest BCUT2D eigenvalue weighted by Gasteiger charge is 2.11. The summed E-state index contributed by atoms with van der Waals surface area (Å²) in [6.45, 7) is 0.360. The van der Waals surface area contributed by atoms with Gasteiger partial charge in [0, 0.05) is 18.2 Å². The number of benzene rings is 1. The summed E-state index contributed by atoms with van der Waals surface area (Å²) in [4.78, 5) is 16.1. The molecular weight excluding hydrogens is 285 g/mol. The van der Waals surface area contributed by atoms with E-state index in [9.17, 15) is 9.18 Å². The fraction of sp³-hybridized carbons (Fsp3) is 0.188. The Bertz CT molecular complexity index is 681. The summed E-state index contributed by atoms with van der Waals surface area (Å²) in [6.07, 6.45) is 2.52. The van der Waals surface area contributed by atoms with Gasteiger partial charge < -0.3 is 10.1 Å². The Morgan fingerprint density at radius 1 is 1.32 bits per heavy atom. The number of nitrogens with zero attached hydrogens (tertiary/aromatic N) is 2. The molecule has 1 aromatic carbocycles. The van der Waals surface area contributed by atoms with Gasteiger partial charge in [-0.15, -0.1) is 0 Å². The first kappa shape index (κ1) is 15.4. The van der Waals surface area contributed by atoms with Crippen LogP contribution in [0.3, 0.4) is 0 Å². The number of carbonyl (C=O) groups excluding carboxylic acids is 1. The lowest BCUT2D eigenvalue weighted by molar-refractivity contribution is 0.102. The molecule has 22 heavy (non-hydrogen) atoms. The molecule has 0 unspecified atom stereocenters. The largest absolute Gasteiger partial charge is 0.490 e. The minimum absolute atomic E-state index is 0.286. The molecule has 1 aromatic heterocycles. The van der Waals surface area contributed by atoms with Gasteiger partial charge in [-0.05, 0) is 42.8 Å². The molecule has 0 spiro atoms. The van der Waals surface area contributed by atoms with Crippen LogP contribution in [0.4, 0.5) is 10.2 Å². The molecule has 1 N–H and O–H groups in total. The van der Waals surface area contributed by atoms with Crippen LogP contribution in [0.2, 0.25) is 0 Å². The van der Waals surface area contributed by atoms with Crippen molar-refractivity contribution in [3.8, 4) is 11.8 Å². The first-order valence-electron chi connectivity index (χ1n) is 6.72. The standard InChI is InChI=1S/C16H14FN3O2/c17-13-7-5-12(6-8-13)16(21)20-15-14(4-3-10-19-15)22-11-2-1-9-18/h3-8,10H,1-2,11H2,(H,19,20,21). The molecule has 0 atom stereocenters. The van der Waals surface area contributed by atoms with Gasteiger partial charge in [0.15, 0.2) is 11.6 Å². The summed E-state index contributed by atoms with van der Waals surface area (Å²) >= 11 is 0. The minimum Gasteiger partial charge on any atom is -0.490 e. The van der Waals surface area contributed by atoms with E-state index in [1.54, 1.807) is 12.1 Å². The van der Waals surface area contributed by atoms with Crippen molar-refractivity contribution in [3.63, 3.8) is 0 Å². The summed E-state index contributed by atoms with van der Waals surface area (Å²) in [6, 6.07) is 10.6. The van der Waals surface area contributed by atoms with Crippen LogP contribution in [0, 0.1) is 17.1 Å². The Hall–Kier alpha value is -2.94. The zero-order chi connectivity index (χ0) is 15.8. The van der Waals surface area contributed by atoms with Crippen LogP contribution in [0.1, 0.15) is 23.2 Å². The van der Waals surface area contributed by atoms with E-state index in [1.807, 2.05) is 6.07 Å². The number of anilines is 1. The van der Waals surface area contributed by atoms with Gasteiger partial charge in [0.25, 0.3) is 5.91 Å². The number of nitriles is 1. The van der Waals surface area contributed by atoms with Crippen molar-refractivity contribution in [1.29, 1.82) is 5.26 Å². The van der Waals surface area contributed by atoms with Crippen LogP contribution >= 0.6 is 0 Å². The number of nitrogens with one attached hydrogen (secondary N) is 1. The molecule has 6 heteroatoms. The third kappa shape index (κ3) is 4.28. The van der Waals surface area contributed by atoms with Gasteiger partial charge >= 0.3 is 0 Å². The summed E-state index contributed by atoms with van der Waals surface area (Å²) in [5.41, 5.74) is 0.322. The predicted octanol–water partition coefficient (Wildman–Crippen LogP) is 3.16. The Morgan fingerprint density at radius 2 is 2.09 bits per heavy atom. The van der Waals surface area contributed by atoms with Crippen LogP contribution in [-0.4, -0.2) is 17.5 Å². The van der Waals surface area contributed by atoms with Crippen LogP contribution < -0.4 is 10.1 Å².